The summed E-state index contributed by atoms with van der Waals surface area (Å²) in [5, 5.41) is 17.7. The van der Waals surface area contributed by atoms with Crippen molar-refractivity contribution in [1.29, 1.82) is 0 Å². The summed E-state index contributed by atoms with van der Waals surface area (Å²) in [4.78, 5) is 10.4. The molecule has 0 saturated heterocycles. The first-order chi connectivity index (χ1) is 10.6. The van der Waals surface area contributed by atoms with Crippen LogP contribution in [-0.2, 0) is 4.79 Å². The minimum absolute atomic E-state index is 0.394. The minimum atomic E-state index is -1.17. The second kappa shape index (κ2) is 15.3. The van der Waals surface area contributed by atoms with Crippen molar-refractivity contribution in [3.63, 3.8) is 0 Å². The molecule has 2 unspecified atom stereocenters. The number of carbonyl (C=O) groups is 1. The van der Waals surface area contributed by atoms with Crippen LogP contribution in [0, 0.1) is 5.92 Å². The van der Waals surface area contributed by atoms with Gasteiger partial charge in [-0.1, -0.05) is 97.3 Å². The maximum atomic E-state index is 10.4. The zero-order chi connectivity index (χ0) is 16.6. The van der Waals surface area contributed by atoms with E-state index in [-0.39, 0.29) is 0 Å². The molecule has 0 aromatic carbocycles. The largest absolute Gasteiger partial charge is 0.479 e. The van der Waals surface area contributed by atoms with Crippen molar-refractivity contribution in [2.45, 2.75) is 110 Å². The fraction of sp³-hybridized carbons (Fsp3) is 0.947. The zero-order valence-electron chi connectivity index (χ0n) is 14.9. The first-order valence-electron chi connectivity index (χ1n) is 9.48. The molecule has 0 saturated carbocycles. The van der Waals surface area contributed by atoms with Crippen LogP contribution in [0.25, 0.3) is 0 Å². The fourth-order valence-corrected chi connectivity index (χ4v) is 2.90. The molecule has 3 nitrogen and oxygen atoms in total. The molecule has 0 aliphatic carbocycles. The number of unbranched alkanes of at least 4 members (excludes halogenated alkanes) is 9. The van der Waals surface area contributed by atoms with Gasteiger partial charge < -0.3 is 10.2 Å². The fourth-order valence-electron chi connectivity index (χ4n) is 2.90. The highest BCUT2D eigenvalue weighted by atomic mass is 16.4. The molecule has 22 heavy (non-hydrogen) atoms. The van der Waals surface area contributed by atoms with E-state index in [1.54, 1.807) is 0 Å². The van der Waals surface area contributed by atoms with Gasteiger partial charge in [0.1, 0.15) is 0 Å². The molecule has 0 bridgehead atoms. The van der Waals surface area contributed by atoms with Crippen LogP contribution in [0.2, 0.25) is 0 Å². The lowest BCUT2D eigenvalue weighted by Crippen LogP contribution is -2.18. The summed E-state index contributed by atoms with van der Waals surface area (Å²) >= 11 is 0. The van der Waals surface area contributed by atoms with E-state index >= 15 is 0 Å². The van der Waals surface area contributed by atoms with Crippen LogP contribution in [0.3, 0.4) is 0 Å². The van der Waals surface area contributed by atoms with Crippen LogP contribution < -0.4 is 0 Å². The van der Waals surface area contributed by atoms with Gasteiger partial charge in [-0.15, -0.1) is 0 Å². The molecule has 132 valence electrons. The lowest BCUT2D eigenvalue weighted by atomic mass is 9.96. The van der Waals surface area contributed by atoms with E-state index in [4.69, 9.17) is 10.2 Å². The summed E-state index contributed by atoms with van der Waals surface area (Å²) in [7, 11) is 0. The first-order valence-corrected chi connectivity index (χ1v) is 9.48. The SMILES string of the molecule is CCCCCCC(C)CCCCCCCCCC(O)C(=O)O. The molecule has 2 N–H and O–H groups in total. The van der Waals surface area contributed by atoms with Gasteiger partial charge in [-0.2, -0.15) is 0 Å². The lowest BCUT2D eigenvalue weighted by molar-refractivity contribution is -0.146. The van der Waals surface area contributed by atoms with E-state index in [0.29, 0.717) is 6.42 Å². The second-order valence-electron chi connectivity index (χ2n) is 6.86. The number of carboxylic acid groups (broad SMARTS) is 1. The van der Waals surface area contributed by atoms with Gasteiger partial charge in [0.05, 0.1) is 0 Å². The maximum absolute atomic E-state index is 10.4. The maximum Gasteiger partial charge on any atom is 0.332 e. The van der Waals surface area contributed by atoms with Crippen molar-refractivity contribution in [2.24, 2.45) is 5.92 Å². The molecule has 0 heterocycles. The van der Waals surface area contributed by atoms with Crippen molar-refractivity contribution in [3.8, 4) is 0 Å². The number of rotatable bonds is 16. The van der Waals surface area contributed by atoms with Gasteiger partial charge in [0.25, 0.3) is 0 Å². The van der Waals surface area contributed by atoms with Crippen LogP contribution >= 0.6 is 0 Å². The van der Waals surface area contributed by atoms with Crippen molar-refractivity contribution < 1.29 is 15.0 Å². The molecule has 3 heteroatoms. The van der Waals surface area contributed by atoms with Gasteiger partial charge >= 0.3 is 5.97 Å². The Morgan fingerprint density at radius 1 is 0.773 bits per heavy atom. The molecule has 0 rings (SSSR count). The monoisotopic (exact) mass is 314 g/mol. The smallest absolute Gasteiger partial charge is 0.332 e. The molecule has 0 aliphatic heterocycles. The Kier molecular flexibility index (Phi) is 14.9. The average molecular weight is 315 g/mol. The summed E-state index contributed by atoms with van der Waals surface area (Å²) in [6, 6.07) is 0. The highest BCUT2D eigenvalue weighted by Crippen LogP contribution is 2.18. The number of aliphatic hydroxyl groups excluding tert-OH is 1. The molecule has 0 aromatic heterocycles. The molecule has 2 atom stereocenters. The van der Waals surface area contributed by atoms with E-state index in [2.05, 4.69) is 13.8 Å². The number of hydrogen-bond donors (Lipinski definition) is 2. The predicted octanol–water partition coefficient (Wildman–Crippen LogP) is 5.55. The van der Waals surface area contributed by atoms with Crippen molar-refractivity contribution in [3.05, 3.63) is 0 Å². The van der Waals surface area contributed by atoms with Crippen molar-refractivity contribution in [2.75, 3.05) is 0 Å². The van der Waals surface area contributed by atoms with Crippen LogP contribution in [0.15, 0.2) is 0 Å². The molecule has 0 aliphatic rings. The molecule has 0 amide bonds. The quantitative estimate of drug-likeness (QED) is 0.367. The van der Waals surface area contributed by atoms with Crippen LogP contribution in [0.1, 0.15) is 104 Å². The summed E-state index contributed by atoms with van der Waals surface area (Å²) in [5.41, 5.74) is 0. The Morgan fingerprint density at radius 2 is 1.18 bits per heavy atom. The van der Waals surface area contributed by atoms with E-state index in [0.717, 1.165) is 18.8 Å². The predicted molar refractivity (Wildman–Crippen MR) is 93.1 cm³/mol. The third kappa shape index (κ3) is 14.4. The van der Waals surface area contributed by atoms with Gasteiger partial charge in [-0.05, 0) is 12.3 Å². The number of aliphatic hydroxyl groups is 1. The molecule has 0 fully saturated rings. The molecule has 0 spiro atoms. The van der Waals surface area contributed by atoms with E-state index in [1.807, 2.05) is 0 Å². The first kappa shape index (κ1) is 21.4. The summed E-state index contributed by atoms with van der Waals surface area (Å²) in [5.74, 6) is -0.210. The normalized spacial score (nSPS) is 14.0. The van der Waals surface area contributed by atoms with Gasteiger partial charge in [0, 0.05) is 0 Å². The number of hydrogen-bond acceptors (Lipinski definition) is 2. The third-order valence-electron chi connectivity index (χ3n) is 4.51. The van der Waals surface area contributed by atoms with E-state index < -0.39 is 12.1 Å². The summed E-state index contributed by atoms with van der Waals surface area (Å²) in [6.07, 6.45) is 15.8. The van der Waals surface area contributed by atoms with Gasteiger partial charge in [0.2, 0.25) is 0 Å². The Bertz CT molecular complexity index is 253. The Hall–Kier alpha value is -0.570. The van der Waals surface area contributed by atoms with Gasteiger partial charge in [-0.25, -0.2) is 4.79 Å². The molecular formula is C19H38O3. The Labute approximate surface area is 137 Å². The number of carboxylic acids is 1. The van der Waals surface area contributed by atoms with Crippen molar-refractivity contribution in [1.82, 2.24) is 0 Å². The summed E-state index contributed by atoms with van der Waals surface area (Å²) in [6.45, 7) is 4.65. The molecular weight excluding hydrogens is 276 g/mol. The van der Waals surface area contributed by atoms with Gasteiger partial charge in [0.15, 0.2) is 6.10 Å². The second-order valence-corrected chi connectivity index (χ2v) is 6.86. The minimum Gasteiger partial charge on any atom is -0.479 e. The van der Waals surface area contributed by atoms with Crippen LogP contribution in [0.4, 0.5) is 0 Å². The van der Waals surface area contributed by atoms with Gasteiger partial charge in [-0.3, -0.25) is 0 Å². The summed E-state index contributed by atoms with van der Waals surface area (Å²) < 4.78 is 0. The Morgan fingerprint density at radius 3 is 1.64 bits per heavy atom. The Balaban J connectivity index is 3.21. The highest BCUT2D eigenvalue weighted by Gasteiger charge is 2.11. The standard InChI is InChI=1S/C19H38O3/c1-3-4-5-11-14-17(2)15-12-9-7-6-8-10-13-16-18(20)19(21)22/h17-18,20H,3-16H2,1-2H3,(H,21,22). The van der Waals surface area contributed by atoms with Crippen molar-refractivity contribution >= 4 is 5.97 Å². The van der Waals surface area contributed by atoms with E-state index in [1.165, 1.54) is 70.6 Å². The molecule has 0 aromatic rings. The van der Waals surface area contributed by atoms with Crippen LogP contribution in [-0.4, -0.2) is 22.3 Å². The zero-order valence-corrected chi connectivity index (χ0v) is 14.9. The van der Waals surface area contributed by atoms with Crippen LogP contribution in [0.5, 0.6) is 0 Å². The average Bonchev–Trinajstić information content (AvgIpc) is 2.49. The number of aliphatic carboxylic acids is 1. The third-order valence-corrected chi connectivity index (χ3v) is 4.51. The molecule has 0 radical (unpaired) electrons. The highest BCUT2D eigenvalue weighted by molar-refractivity contribution is 5.71. The lowest BCUT2D eigenvalue weighted by Gasteiger charge is -2.10. The topological polar surface area (TPSA) is 57.5 Å². The van der Waals surface area contributed by atoms with E-state index in [9.17, 15) is 4.79 Å².